The SMILES string of the molecule is Cc1cc(Br)ccc1NC(=O)CNC(=O)C1CCCCC1C(=O)N1CCc2ccccc21. The van der Waals surface area contributed by atoms with E-state index < -0.39 is 5.92 Å². The molecule has 4 rings (SSSR count). The predicted octanol–water partition coefficient (Wildman–Crippen LogP) is 4.21. The normalized spacial score (nSPS) is 19.9. The fourth-order valence-corrected chi connectivity index (χ4v) is 5.24. The van der Waals surface area contributed by atoms with E-state index in [1.807, 2.05) is 48.2 Å². The van der Waals surface area contributed by atoms with Gasteiger partial charge in [0, 0.05) is 28.3 Å². The Hall–Kier alpha value is -2.67. The molecule has 2 aromatic carbocycles. The Labute approximate surface area is 196 Å². The molecule has 1 aliphatic heterocycles. The molecule has 6 nitrogen and oxygen atoms in total. The van der Waals surface area contributed by atoms with Crippen molar-refractivity contribution in [3.63, 3.8) is 0 Å². The minimum absolute atomic E-state index is 0.0322. The number of hydrogen-bond acceptors (Lipinski definition) is 3. The van der Waals surface area contributed by atoms with Gasteiger partial charge in [-0.25, -0.2) is 0 Å². The molecule has 1 fully saturated rings. The van der Waals surface area contributed by atoms with Crippen molar-refractivity contribution in [1.29, 1.82) is 0 Å². The van der Waals surface area contributed by atoms with E-state index >= 15 is 0 Å². The lowest BCUT2D eigenvalue weighted by molar-refractivity contribution is -0.135. The van der Waals surface area contributed by atoms with Gasteiger partial charge in [0.2, 0.25) is 17.7 Å². The number of carbonyl (C=O) groups excluding carboxylic acids is 3. The van der Waals surface area contributed by atoms with Gasteiger partial charge in [0.05, 0.1) is 12.5 Å². The van der Waals surface area contributed by atoms with Gasteiger partial charge in [0.25, 0.3) is 0 Å². The number of hydrogen-bond donors (Lipinski definition) is 2. The molecular weight excluding hydrogens is 470 g/mol. The summed E-state index contributed by atoms with van der Waals surface area (Å²) in [4.78, 5) is 40.6. The van der Waals surface area contributed by atoms with E-state index in [0.717, 1.165) is 35.0 Å². The van der Waals surface area contributed by atoms with Crippen LogP contribution in [-0.2, 0) is 20.8 Å². The molecule has 2 aliphatic rings. The van der Waals surface area contributed by atoms with Crippen LogP contribution in [0, 0.1) is 18.8 Å². The zero-order chi connectivity index (χ0) is 22.7. The van der Waals surface area contributed by atoms with Gasteiger partial charge < -0.3 is 15.5 Å². The third-order valence-electron chi connectivity index (χ3n) is 6.46. The van der Waals surface area contributed by atoms with Crippen LogP contribution in [0.1, 0.15) is 36.8 Å². The fourth-order valence-electron chi connectivity index (χ4n) is 4.77. The lowest BCUT2D eigenvalue weighted by atomic mass is 9.77. The molecule has 0 spiro atoms. The second-order valence-corrected chi connectivity index (χ2v) is 9.51. The highest BCUT2D eigenvalue weighted by molar-refractivity contribution is 9.10. The first-order valence-electron chi connectivity index (χ1n) is 11.2. The monoisotopic (exact) mass is 497 g/mol. The molecule has 0 saturated heterocycles. The van der Waals surface area contributed by atoms with Crippen LogP contribution in [0.3, 0.4) is 0 Å². The first kappa shape index (κ1) is 22.5. The second-order valence-electron chi connectivity index (χ2n) is 8.59. The summed E-state index contributed by atoms with van der Waals surface area (Å²) in [5.74, 6) is -1.20. The Bertz CT molecular complexity index is 1040. The lowest BCUT2D eigenvalue weighted by Crippen LogP contribution is -2.46. The van der Waals surface area contributed by atoms with Gasteiger partial charge in [0.1, 0.15) is 0 Å². The quantitative estimate of drug-likeness (QED) is 0.649. The average molecular weight is 498 g/mol. The Kier molecular flexibility index (Phi) is 6.94. The minimum Gasteiger partial charge on any atom is -0.347 e. The smallest absolute Gasteiger partial charge is 0.243 e. The summed E-state index contributed by atoms with van der Waals surface area (Å²) in [7, 11) is 0. The molecule has 2 atom stereocenters. The zero-order valence-corrected chi connectivity index (χ0v) is 19.8. The molecular formula is C25H28BrN3O3. The number of para-hydroxylation sites is 1. The van der Waals surface area contributed by atoms with E-state index in [2.05, 4.69) is 32.6 Å². The number of anilines is 2. The van der Waals surface area contributed by atoms with Gasteiger partial charge in [-0.3, -0.25) is 14.4 Å². The summed E-state index contributed by atoms with van der Waals surface area (Å²) >= 11 is 3.41. The topological polar surface area (TPSA) is 78.5 Å². The van der Waals surface area contributed by atoms with E-state index in [-0.39, 0.29) is 30.2 Å². The number of amides is 3. The summed E-state index contributed by atoms with van der Waals surface area (Å²) < 4.78 is 0.940. The van der Waals surface area contributed by atoms with Gasteiger partial charge in [-0.2, -0.15) is 0 Å². The van der Waals surface area contributed by atoms with Crippen LogP contribution in [0.2, 0.25) is 0 Å². The van der Waals surface area contributed by atoms with E-state index in [0.29, 0.717) is 25.1 Å². The summed E-state index contributed by atoms with van der Waals surface area (Å²) in [6.07, 6.45) is 4.09. The van der Waals surface area contributed by atoms with Crippen LogP contribution in [0.4, 0.5) is 11.4 Å². The molecule has 7 heteroatoms. The van der Waals surface area contributed by atoms with Gasteiger partial charge >= 0.3 is 0 Å². The maximum atomic E-state index is 13.4. The van der Waals surface area contributed by atoms with Crippen molar-refractivity contribution in [2.45, 2.75) is 39.0 Å². The first-order chi connectivity index (χ1) is 15.4. The first-order valence-corrected chi connectivity index (χ1v) is 12.0. The third-order valence-corrected chi connectivity index (χ3v) is 6.95. The van der Waals surface area contributed by atoms with Crippen molar-refractivity contribution in [2.75, 3.05) is 23.3 Å². The number of nitrogens with zero attached hydrogens (tertiary/aromatic N) is 1. The largest absolute Gasteiger partial charge is 0.347 e. The molecule has 168 valence electrons. The molecule has 2 unspecified atom stereocenters. The molecule has 3 amide bonds. The molecule has 32 heavy (non-hydrogen) atoms. The van der Waals surface area contributed by atoms with Crippen molar-refractivity contribution >= 4 is 45.0 Å². The third kappa shape index (κ3) is 4.88. The Balaban J connectivity index is 1.37. The van der Waals surface area contributed by atoms with Crippen molar-refractivity contribution in [3.05, 3.63) is 58.1 Å². The number of nitrogens with one attached hydrogen (secondary N) is 2. The highest BCUT2D eigenvalue weighted by atomic mass is 79.9. The number of benzene rings is 2. The van der Waals surface area contributed by atoms with Crippen LogP contribution in [0.25, 0.3) is 0 Å². The van der Waals surface area contributed by atoms with Crippen LogP contribution in [0.5, 0.6) is 0 Å². The van der Waals surface area contributed by atoms with E-state index in [9.17, 15) is 14.4 Å². The molecule has 1 heterocycles. The Morgan fingerprint density at radius 1 is 1.06 bits per heavy atom. The number of halogens is 1. The molecule has 0 aromatic heterocycles. The van der Waals surface area contributed by atoms with Gasteiger partial charge in [0.15, 0.2) is 0 Å². The highest BCUT2D eigenvalue weighted by Gasteiger charge is 2.39. The van der Waals surface area contributed by atoms with Gasteiger partial charge in [-0.05, 0) is 61.6 Å². The maximum absolute atomic E-state index is 13.4. The number of aryl methyl sites for hydroxylation is 1. The average Bonchev–Trinajstić information content (AvgIpc) is 3.23. The number of carbonyl (C=O) groups is 3. The number of rotatable bonds is 5. The lowest BCUT2D eigenvalue weighted by Gasteiger charge is -2.32. The minimum atomic E-state index is -0.397. The molecule has 1 saturated carbocycles. The van der Waals surface area contributed by atoms with Gasteiger partial charge in [-0.15, -0.1) is 0 Å². The molecule has 2 aromatic rings. The van der Waals surface area contributed by atoms with Crippen LogP contribution in [0.15, 0.2) is 46.9 Å². The fraction of sp³-hybridized carbons (Fsp3) is 0.400. The van der Waals surface area contributed by atoms with E-state index in [1.165, 1.54) is 5.56 Å². The molecule has 2 N–H and O–H groups in total. The summed E-state index contributed by atoms with van der Waals surface area (Å²) in [5, 5.41) is 5.60. The number of fused-ring (bicyclic) bond motifs is 1. The highest BCUT2D eigenvalue weighted by Crippen LogP contribution is 2.35. The maximum Gasteiger partial charge on any atom is 0.243 e. The standard InChI is InChI=1S/C25H28BrN3O3/c1-16-14-18(26)10-11-21(16)28-23(30)15-27-24(31)19-7-3-4-8-20(19)25(32)29-13-12-17-6-2-5-9-22(17)29/h2,5-6,9-11,14,19-20H,3-4,7-8,12-13,15H2,1H3,(H,27,31)(H,28,30). The molecule has 0 radical (unpaired) electrons. The van der Waals surface area contributed by atoms with Crippen molar-refractivity contribution in [1.82, 2.24) is 5.32 Å². The molecule has 0 bridgehead atoms. The Morgan fingerprint density at radius 2 is 1.81 bits per heavy atom. The molecule has 1 aliphatic carbocycles. The predicted molar refractivity (Wildman–Crippen MR) is 128 cm³/mol. The summed E-state index contributed by atoms with van der Waals surface area (Å²) in [5.41, 5.74) is 3.79. The van der Waals surface area contributed by atoms with Crippen LogP contribution >= 0.6 is 15.9 Å². The van der Waals surface area contributed by atoms with Crippen molar-refractivity contribution in [2.24, 2.45) is 11.8 Å². The second kappa shape index (κ2) is 9.86. The summed E-state index contributed by atoms with van der Waals surface area (Å²) in [6, 6.07) is 13.6. The van der Waals surface area contributed by atoms with Gasteiger partial charge in [-0.1, -0.05) is 47.0 Å². The van der Waals surface area contributed by atoms with Crippen molar-refractivity contribution < 1.29 is 14.4 Å². The van der Waals surface area contributed by atoms with Crippen LogP contribution < -0.4 is 15.5 Å². The van der Waals surface area contributed by atoms with E-state index in [1.54, 1.807) is 0 Å². The Morgan fingerprint density at radius 3 is 2.59 bits per heavy atom. The van der Waals surface area contributed by atoms with E-state index in [4.69, 9.17) is 0 Å². The van der Waals surface area contributed by atoms with Crippen molar-refractivity contribution in [3.8, 4) is 0 Å². The van der Waals surface area contributed by atoms with Crippen LogP contribution in [-0.4, -0.2) is 30.8 Å². The zero-order valence-electron chi connectivity index (χ0n) is 18.2. The summed E-state index contributed by atoms with van der Waals surface area (Å²) in [6.45, 7) is 2.46.